The van der Waals surface area contributed by atoms with E-state index in [1.807, 2.05) is 0 Å². The molecular weight excluding hydrogens is 354 g/mol. The lowest BCUT2D eigenvalue weighted by molar-refractivity contribution is -0.151. The number of carboxylic acid groups (broad SMARTS) is 1. The van der Waals surface area contributed by atoms with Crippen LogP contribution in [0.5, 0.6) is 0 Å². The zero-order valence-electron chi connectivity index (χ0n) is 17.7. The van der Waals surface area contributed by atoms with E-state index in [0.29, 0.717) is 37.8 Å². The van der Waals surface area contributed by atoms with E-state index in [4.69, 9.17) is 0 Å². The maximum absolute atomic E-state index is 13.1. The Balaban J connectivity index is 1.60. The molecular formula is C23H39NO4. The molecule has 160 valence electrons. The number of hydrogen-bond donors (Lipinski definition) is 2. The maximum atomic E-state index is 13.1. The van der Waals surface area contributed by atoms with E-state index in [2.05, 4.69) is 18.7 Å². The van der Waals surface area contributed by atoms with Crippen LogP contribution in [0.2, 0.25) is 0 Å². The van der Waals surface area contributed by atoms with Gasteiger partial charge in [0.05, 0.1) is 12.0 Å². The van der Waals surface area contributed by atoms with E-state index in [1.165, 1.54) is 25.7 Å². The molecule has 28 heavy (non-hydrogen) atoms. The minimum atomic E-state index is -0.843. The summed E-state index contributed by atoms with van der Waals surface area (Å²) in [5.74, 6) is -1.32. The molecule has 0 saturated heterocycles. The Labute approximate surface area is 169 Å². The van der Waals surface area contributed by atoms with Gasteiger partial charge in [-0.1, -0.05) is 26.7 Å². The van der Waals surface area contributed by atoms with Crippen LogP contribution in [-0.4, -0.2) is 51.6 Å². The number of carbonyl (C=O) groups excluding carboxylic acids is 1. The van der Waals surface area contributed by atoms with Gasteiger partial charge in [-0.3, -0.25) is 14.5 Å². The molecule has 3 aliphatic rings. The fraction of sp³-hybridized carbons (Fsp3) is 0.913. The van der Waals surface area contributed by atoms with E-state index in [1.54, 1.807) is 0 Å². The molecule has 5 atom stereocenters. The number of ketones is 1. The fourth-order valence-corrected chi connectivity index (χ4v) is 6.19. The van der Waals surface area contributed by atoms with Crippen molar-refractivity contribution in [2.45, 2.75) is 103 Å². The molecule has 0 aromatic carbocycles. The number of aliphatic carboxylic acids is 1. The van der Waals surface area contributed by atoms with Crippen molar-refractivity contribution in [2.75, 3.05) is 6.54 Å². The number of hydrogen-bond acceptors (Lipinski definition) is 4. The Morgan fingerprint density at radius 1 is 0.857 bits per heavy atom. The Bertz CT molecular complexity index is 543. The van der Waals surface area contributed by atoms with E-state index in [0.717, 1.165) is 31.7 Å². The average Bonchev–Trinajstić information content (AvgIpc) is 2.69. The van der Waals surface area contributed by atoms with Gasteiger partial charge in [0.25, 0.3) is 0 Å². The molecule has 3 saturated carbocycles. The summed E-state index contributed by atoms with van der Waals surface area (Å²) in [7, 11) is 0. The SMILES string of the molecule is CCN(C1CCC(C)CC1)C1CCC(C(=O)C2CCCCC2C(=O)O)C(O)C1. The molecule has 0 amide bonds. The summed E-state index contributed by atoms with van der Waals surface area (Å²) in [6.45, 7) is 5.54. The predicted molar refractivity (Wildman–Crippen MR) is 109 cm³/mol. The lowest BCUT2D eigenvalue weighted by Crippen LogP contribution is -2.51. The van der Waals surface area contributed by atoms with E-state index < -0.39 is 23.9 Å². The number of aliphatic hydroxyl groups excluding tert-OH is 1. The van der Waals surface area contributed by atoms with Gasteiger partial charge in [0, 0.05) is 23.9 Å². The third-order valence-electron chi connectivity index (χ3n) is 7.89. The lowest BCUT2D eigenvalue weighted by atomic mass is 9.69. The van der Waals surface area contributed by atoms with Crippen molar-refractivity contribution >= 4 is 11.8 Å². The highest BCUT2D eigenvalue weighted by Crippen LogP contribution is 2.38. The van der Waals surface area contributed by atoms with Crippen molar-refractivity contribution in [3.63, 3.8) is 0 Å². The standard InChI is InChI=1S/C23H39NO4/c1-3-24(16-10-8-15(2)9-11-16)17-12-13-20(21(25)14-17)22(26)18-6-4-5-7-19(18)23(27)28/h15-21,25H,3-14H2,1-2H3,(H,27,28). The summed E-state index contributed by atoms with van der Waals surface area (Å²) in [5.41, 5.74) is 0. The van der Waals surface area contributed by atoms with Crippen molar-refractivity contribution in [2.24, 2.45) is 23.7 Å². The van der Waals surface area contributed by atoms with Gasteiger partial charge in [-0.25, -0.2) is 0 Å². The molecule has 2 N–H and O–H groups in total. The van der Waals surface area contributed by atoms with Crippen LogP contribution >= 0.6 is 0 Å². The fourth-order valence-electron chi connectivity index (χ4n) is 6.19. The third-order valence-corrected chi connectivity index (χ3v) is 7.89. The van der Waals surface area contributed by atoms with Crippen LogP contribution in [0.25, 0.3) is 0 Å². The largest absolute Gasteiger partial charge is 0.481 e. The van der Waals surface area contributed by atoms with Crippen LogP contribution in [0.15, 0.2) is 0 Å². The first-order valence-corrected chi connectivity index (χ1v) is 11.6. The van der Waals surface area contributed by atoms with E-state index in [-0.39, 0.29) is 11.7 Å². The molecule has 0 radical (unpaired) electrons. The lowest BCUT2D eigenvalue weighted by Gasteiger charge is -2.45. The minimum Gasteiger partial charge on any atom is -0.481 e. The highest BCUT2D eigenvalue weighted by atomic mass is 16.4. The van der Waals surface area contributed by atoms with Crippen molar-refractivity contribution < 1.29 is 19.8 Å². The summed E-state index contributed by atoms with van der Waals surface area (Å²) in [4.78, 5) is 27.3. The van der Waals surface area contributed by atoms with Gasteiger partial charge in [0.1, 0.15) is 5.78 Å². The highest BCUT2D eigenvalue weighted by Gasteiger charge is 2.43. The van der Waals surface area contributed by atoms with E-state index >= 15 is 0 Å². The molecule has 0 heterocycles. The normalized spacial score (nSPS) is 39.6. The topological polar surface area (TPSA) is 77.8 Å². The smallest absolute Gasteiger partial charge is 0.307 e. The monoisotopic (exact) mass is 393 g/mol. The van der Waals surface area contributed by atoms with Gasteiger partial charge < -0.3 is 10.2 Å². The maximum Gasteiger partial charge on any atom is 0.307 e. The number of aliphatic hydroxyl groups is 1. The molecule has 3 fully saturated rings. The quantitative estimate of drug-likeness (QED) is 0.716. The van der Waals surface area contributed by atoms with Crippen LogP contribution in [0.4, 0.5) is 0 Å². The van der Waals surface area contributed by atoms with Crippen LogP contribution < -0.4 is 0 Å². The predicted octanol–water partition coefficient (Wildman–Crippen LogP) is 3.88. The highest BCUT2D eigenvalue weighted by molar-refractivity contribution is 5.88. The summed E-state index contributed by atoms with van der Waals surface area (Å²) >= 11 is 0. The summed E-state index contributed by atoms with van der Waals surface area (Å²) in [6.07, 6.45) is 9.82. The third kappa shape index (κ3) is 4.79. The Kier molecular flexibility index (Phi) is 7.54. The number of carboxylic acids is 1. The van der Waals surface area contributed by atoms with Gasteiger partial charge in [-0.05, 0) is 70.3 Å². The van der Waals surface area contributed by atoms with Gasteiger partial charge >= 0.3 is 5.97 Å². The Hall–Kier alpha value is -0.940. The number of nitrogens with zero attached hydrogens (tertiary/aromatic N) is 1. The first-order valence-electron chi connectivity index (χ1n) is 11.6. The number of rotatable bonds is 6. The molecule has 3 rings (SSSR count). The first-order chi connectivity index (χ1) is 13.4. The first kappa shape index (κ1) is 21.8. The molecule has 5 nitrogen and oxygen atoms in total. The second-order valence-corrected chi connectivity index (χ2v) is 9.62. The number of carbonyl (C=O) groups is 2. The van der Waals surface area contributed by atoms with Gasteiger partial charge in [-0.15, -0.1) is 0 Å². The molecule has 0 aromatic rings. The number of Topliss-reactive ketones (excluding diaryl/α,β-unsaturated/α-hetero) is 1. The van der Waals surface area contributed by atoms with Gasteiger partial charge in [-0.2, -0.15) is 0 Å². The summed E-state index contributed by atoms with van der Waals surface area (Å²) in [6, 6.07) is 0.962. The van der Waals surface area contributed by atoms with Crippen LogP contribution in [0.3, 0.4) is 0 Å². The van der Waals surface area contributed by atoms with Gasteiger partial charge in [0.15, 0.2) is 0 Å². The van der Waals surface area contributed by atoms with Crippen LogP contribution in [0, 0.1) is 23.7 Å². The minimum absolute atomic E-state index is 0.0209. The van der Waals surface area contributed by atoms with Crippen LogP contribution in [-0.2, 0) is 9.59 Å². The molecule has 0 aliphatic heterocycles. The van der Waals surface area contributed by atoms with Crippen molar-refractivity contribution in [1.82, 2.24) is 4.90 Å². The van der Waals surface area contributed by atoms with Crippen molar-refractivity contribution in [3.8, 4) is 0 Å². The molecule has 0 spiro atoms. The molecule has 3 aliphatic carbocycles. The molecule has 0 bridgehead atoms. The second kappa shape index (κ2) is 9.71. The summed E-state index contributed by atoms with van der Waals surface area (Å²) < 4.78 is 0. The van der Waals surface area contributed by atoms with Crippen LogP contribution in [0.1, 0.15) is 84.5 Å². The molecule has 5 heteroatoms. The zero-order valence-corrected chi connectivity index (χ0v) is 17.7. The van der Waals surface area contributed by atoms with E-state index in [9.17, 15) is 19.8 Å². The molecule has 0 aromatic heterocycles. The zero-order chi connectivity index (χ0) is 20.3. The summed E-state index contributed by atoms with van der Waals surface area (Å²) in [5, 5.41) is 20.4. The Morgan fingerprint density at radius 2 is 1.46 bits per heavy atom. The van der Waals surface area contributed by atoms with Gasteiger partial charge in [0.2, 0.25) is 0 Å². The second-order valence-electron chi connectivity index (χ2n) is 9.62. The molecule has 5 unspecified atom stereocenters. The van der Waals surface area contributed by atoms with Crippen molar-refractivity contribution in [3.05, 3.63) is 0 Å². The Morgan fingerprint density at radius 3 is 2.04 bits per heavy atom. The van der Waals surface area contributed by atoms with Crippen molar-refractivity contribution in [1.29, 1.82) is 0 Å². The average molecular weight is 394 g/mol.